The van der Waals surface area contributed by atoms with Crippen LogP contribution in [0.3, 0.4) is 0 Å². The zero-order valence-corrected chi connectivity index (χ0v) is 17.1. The highest BCUT2D eigenvalue weighted by molar-refractivity contribution is 5.49. The van der Waals surface area contributed by atoms with Crippen molar-refractivity contribution in [3.8, 4) is 0 Å². The van der Waals surface area contributed by atoms with Gasteiger partial charge in [-0.05, 0) is 6.42 Å². The minimum absolute atomic E-state index is 0.462. The molecule has 2 aliphatic rings. The third-order valence-electron chi connectivity index (χ3n) is 4.01. The molecule has 1 aromatic heterocycles. The van der Waals surface area contributed by atoms with Crippen molar-refractivity contribution in [2.45, 2.75) is 53.5 Å². The van der Waals surface area contributed by atoms with Crippen LogP contribution < -0.4 is 15.5 Å². The smallest absolute Gasteiger partial charge is 0.227 e. The quantitative estimate of drug-likeness (QED) is 0.780. The molecule has 0 radical (unpaired) electrons. The maximum Gasteiger partial charge on any atom is 0.227 e. The standard InChI is InChI=1S/C14H22N6O.C3H8.C2H6/c1-2-11-7-13(16-12-8-15-9-12)18-14(17-11)20-5-3-19(10-21)4-6-20;1-3-2;1-2/h7,10,12,15H,2-6,8-9H2,1H3,(H,16,17,18);3H2,1-2H3;1-2H3. The lowest BCUT2D eigenvalue weighted by molar-refractivity contribution is -0.118. The number of anilines is 2. The van der Waals surface area contributed by atoms with E-state index in [1.165, 1.54) is 6.42 Å². The topological polar surface area (TPSA) is 73.4 Å². The van der Waals surface area contributed by atoms with Crippen molar-refractivity contribution in [3.05, 3.63) is 11.8 Å². The predicted octanol–water partition coefficient (Wildman–Crippen LogP) is 2.14. The second-order valence-corrected chi connectivity index (χ2v) is 6.23. The Morgan fingerprint density at radius 3 is 2.23 bits per heavy atom. The Bertz CT molecular complexity index is 513. The Morgan fingerprint density at radius 1 is 1.15 bits per heavy atom. The Hall–Kier alpha value is -1.89. The summed E-state index contributed by atoms with van der Waals surface area (Å²) in [5, 5.41) is 6.69. The molecule has 2 fully saturated rings. The first-order valence-electron chi connectivity index (χ1n) is 9.99. The zero-order chi connectivity index (χ0) is 19.4. The first-order valence-corrected chi connectivity index (χ1v) is 9.99. The molecule has 2 aliphatic heterocycles. The van der Waals surface area contributed by atoms with Crippen LogP contribution in [0.5, 0.6) is 0 Å². The molecule has 0 aliphatic carbocycles. The average molecular weight is 365 g/mol. The first-order chi connectivity index (χ1) is 12.7. The summed E-state index contributed by atoms with van der Waals surface area (Å²) < 4.78 is 0. The lowest BCUT2D eigenvalue weighted by Crippen LogP contribution is -2.51. The fourth-order valence-corrected chi connectivity index (χ4v) is 2.51. The maximum absolute atomic E-state index is 10.8. The molecule has 0 bridgehead atoms. The molecule has 0 saturated carbocycles. The fourth-order valence-electron chi connectivity index (χ4n) is 2.51. The highest BCUT2D eigenvalue weighted by Gasteiger charge is 2.21. The van der Waals surface area contributed by atoms with Crippen molar-refractivity contribution in [2.24, 2.45) is 0 Å². The number of hydrogen-bond donors (Lipinski definition) is 2. The number of nitrogens with one attached hydrogen (secondary N) is 2. The highest BCUT2D eigenvalue weighted by atomic mass is 16.1. The molecule has 7 heteroatoms. The van der Waals surface area contributed by atoms with Gasteiger partial charge in [-0.25, -0.2) is 4.98 Å². The molecule has 2 N–H and O–H groups in total. The third-order valence-corrected chi connectivity index (χ3v) is 4.01. The van der Waals surface area contributed by atoms with Crippen LogP contribution in [0.2, 0.25) is 0 Å². The fraction of sp³-hybridized carbons (Fsp3) is 0.737. The van der Waals surface area contributed by atoms with Crippen LogP contribution in [-0.4, -0.2) is 66.6 Å². The molecule has 1 amide bonds. The van der Waals surface area contributed by atoms with E-state index in [9.17, 15) is 4.79 Å². The molecule has 26 heavy (non-hydrogen) atoms. The van der Waals surface area contributed by atoms with E-state index in [1.54, 1.807) is 4.90 Å². The number of nitrogens with zero attached hydrogens (tertiary/aromatic N) is 4. The van der Waals surface area contributed by atoms with Crippen molar-refractivity contribution in [1.29, 1.82) is 0 Å². The van der Waals surface area contributed by atoms with Crippen LogP contribution in [0.1, 0.15) is 46.7 Å². The summed E-state index contributed by atoms with van der Waals surface area (Å²) in [6.45, 7) is 15.4. The van der Waals surface area contributed by atoms with Crippen LogP contribution >= 0.6 is 0 Å². The monoisotopic (exact) mass is 364 g/mol. The Morgan fingerprint density at radius 2 is 1.77 bits per heavy atom. The number of amides is 1. The molecule has 0 spiro atoms. The van der Waals surface area contributed by atoms with E-state index >= 15 is 0 Å². The summed E-state index contributed by atoms with van der Waals surface area (Å²) >= 11 is 0. The Labute approximate surface area is 158 Å². The van der Waals surface area contributed by atoms with Crippen molar-refractivity contribution < 1.29 is 4.79 Å². The van der Waals surface area contributed by atoms with Crippen LogP contribution in [-0.2, 0) is 11.2 Å². The largest absolute Gasteiger partial charge is 0.365 e. The van der Waals surface area contributed by atoms with Gasteiger partial charge in [-0.1, -0.05) is 41.0 Å². The van der Waals surface area contributed by atoms with Gasteiger partial charge < -0.3 is 20.4 Å². The molecular weight excluding hydrogens is 328 g/mol. The summed E-state index contributed by atoms with van der Waals surface area (Å²) in [6.07, 6.45) is 3.05. The third kappa shape index (κ3) is 6.78. The molecule has 0 atom stereocenters. The van der Waals surface area contributed by atoms with E-state index in [4.69, 9.17) is 0 Å². The van der Waals surface area contributed by atoms with Gasteiger partial charge in [0.05, 0.1) is 6.04 Å². The van der Waals surface area contributed by atoms with E-state index in [-0.39, 0.29) is 0 Å². The number of aryl methyl sites for hydroxylation is 1. The van der Waals surface area contributed by atoms with Crippen LogP contribution in [0.25, 0.3) is 0 Å². The molecule has 1 aromatic rings. The van der Waals surface area contributed by atoms with Gasteiger partial charge in [0.25, 0.3) is 0 Å². The van der Waals surface area contributed by atoms with E-state index in [0.717, 1.165) is 69.6 Å². The van der Waals surface area contributed by atoms with Crippen molar-refractivity contribution >= 4 is 18.2 Å². The van der Waals surface area contributed by atoms with E-state index in [2.05, 4.69) is 46.3 Å². The number of carbonyl (C=O) groups is 1. The van der Waals surface area contributed by atoms with Crippen LogP contribution in [0, 0.1) is 0 Å². The predicted molar refractivity (Wildman–Crippen MR) is 109 cm³/mol. The zero-order valence-electron chi connectivity index (χ0n) is 17.1. The number of hydrogen-bond acceptors (Lipinski definition) is 6. The van der Waals surface area contributed by atoms with Gasteiger partial charge in [0.15, 0.2) is 0 Å². The molecule has 2 saturated heterocycles. The Balaban J connectivity index is 0.000000615. The van der Waals surface area contributed by atoms with Crippen molar-refractivity contribution in [1.82, 2.24) is 20.2 Å². The van der Waals surface area contributed by atoms with Crippen LogP contribution in [0.15, 0.2) is 6.07 Å². The molecule has 3 heterocycles. The Kier molecular flexibility index (Phi) is 10.6. The number of rotatable bonds is 5. The number of carbonyl (C=O) groups excluding carboxylic acids is 1. The van der Waals surface area contributed by atoms with Gasteiger partial charge in [0, 0.05) is 51.0 Å². The van der Waals surface area contributed by atoms with Crippen LogP contribution in [0.4, 0.5) is 11.8 Å². The van der Waals surface area contributed by atoms with E-state index in [1.807, 2.05) is 19.9 Å². The molecule has 7 nitrogen and oxygen atoms in total. The minimum atomic E-state index is 0.462. The lowest BCUT2D eigenvalue weighted by atomic mass is 10.2. The van der Waals surface area contributed by atoms with Gasteiger partial charge in [-0.15, -0.1) is 0 Å². The lowest BCUT2D eigenvalue weighted by Gasteiger charge is -2.33. The summed E-state index contributed by atoms with van der Waals surface area (Å²) in [7, 11) is 0. The van der Waals surface area contributed by atoms with E-state index in [0.29, 0.717) is 6.04 Å². The van der Waals surface area contributed by atoms with Gasteiger partial charge >= 0.3 is 0 Å². The first kappa shape index (κ1) is 22.2. The molecular formula is C19H36N6O. The average Bonchev–Trinajstić information content (AvgIpc) is 2.67. The van der Waals surface area contributed by atoms with Crippen molar-refractivity contribution in [2.75, 3.05) is 49.5 Å². The molecule has 3 rings (SSSR count). The minimum Gasteiger partial charge on any atom is -0.365 e. The van der Waals surface area contributed by atoms with Gasteiger partial charge in [0.2, 0.25) is 12.4 Å². The summed E-state index contributed by atoms with van der Waals surface area (Å²) in [6, 6.07) is 2.49. The summed E-state index contributed by atoms with van der Waals surface area (Å²) in [4.78, 5) is 24.0. The normalized spacial score (nSPS) is 16.5. The van der Waals surface area contributed by atoms with Crippen molar-refractivity contribution in [3.63, 3.8) is 0 Å². The number of aromatic nitrogens is 2. The van der Waals surface area contributed by atoms with Gasteiger partial charge in [0.1, 0.15) is 5.82 Å². The molecule has 0 unspecified atom stereocenters. The maximum atomic E-state index is 10.8. The SMILES string of the molecule is CC.CCC.CCc1cc(NC2CNC2)nc(N2CCN(C=O)CC2)n1. The van der Waals surface area contributed by atoms with Gasteiger partial charge in [-0.3, -0.25) is 4.79 Å². The second-order valence-electron chi connectivity index (χ2n) is 6.23. The van der Waals surface area contributed by atoms with Gasteiger partial charge in [-0.2, -0.15) is 4.98 Å². The summed E-state index contributed by atoms with van der Waals surface area (Å²) in [5.41, 5.74) is 1.05. The molecule has 148 valence electrons. The number of piperazine rings is 1. The van der Waals surface area contributed by atoms with E-state index < -0.39 is 0 Å². The molecule has 0 aromatic carbocycles. The second kappa shape index (κ2) is 12.5. The highest BCUT2D eigenvalue weighted by Crippen LogP contribution is 2.17. The summed E-state index contributed by atoms with van der Waals surface area (Å²) in [5.74, 6) is 1.68.